The number of hydrogen-bond donors (Lipinski definition) is 1. The minimum Gasteiger partial charge on any atom is -0.356 e. The van der Waals surface area contributed by atoms with Crippen molar-refractivity contribution < 1.29 is 9.59 Å². The van der Waals surface area contributed by atoms with E-state index in [2.05, 4.69) is 27.1 Å². The molecule has 2 amide bonds. The van der Waals surface area contributed by atoms with Gasteiger partial charge in [0.15, 0.2) is 0 Å². The third kappa shape index (κ3) is 3.24. The average molecular weight is 354 g/mol. The van der Waals surface area contributed by atoms with Crippen molar-refractivity contribution in [2.75, 3.05) is 18.0 Å². The summed E-state index contributed by atoms with van der Waals surface area (Å²) >= 11 is 0.926. The molecule has 2 fully saturated rings. The first-order valence-electron chi connectivity index (χ1n) is 8.35. The molecule has 0 atom stereocenters. The minimum absolute atomic E-state index is 0.330. The maximum absolute atomic E-state index is 11.7. The van der Waals surface area contributed by atoms with Crippen molar-refractivity contribution in [2.45, 2.75) is 19.8 Å². The Morgan fingerprint density at radius 3 is 2.76 bits per heavy atom. The van der Waals surface area contributed by atoms with Gasteiger partial charge in [0.1, 0.15) is 12.1 Å². The van der Waals surface area contributed by atoms with Gasteiger partial charge in [-0.2, -0.15) is 0 Å². The maximum Gasteiger partial charge on any atom is 0.290 e. The Labute approximate surface area is 149 Å². The molecule has 25 heavy (non-hydrogen) atoms. The molecule has 2 aliphatic rings. The fourth-order valence-electron chi connectivity index (χ4n) is 3.20. The molecule has 3 heterocycles. The van der Waals surface area contributed by atoms with E-state index in [4.69, 9.17) is 0 Å². The number of carbonyl (C=O) groups is 2. The van der Waals surface area contributed by atoms with Gasteiger partial charge < -0.3 is 4.90 Å². The lowest BCUT2D eigenvalue weighted by Gasteiger charge is -2.31. The molecule has 0 bridgehead atoms. The Balaban J connectivity index is 1.72. The van der Waals surface area contributed by atoms with Crippen molar-refractivity contribution in [3.63, 3.8) is 0 Å². The first-order valence-corrected chi connectivity index (χ1v) is 9.16. The Bertz CT molecular complexity index is 888. The van der Waals surface area contributed by atoms with E-state index in [1.54, 1.807) is 12.4 Å². The highest BCUT2D eigenvalue weighted by Gasteiger charge is 2.25. The van der Waals surface area contributed by atoms with Crippen LogP contribution in [0.4, 0.5) is 10.6 Å². The molecule has 0 spiro atoms. The number of aromatic nitrogens is 2. The van der Waals surface area contributed by atoms with E-state index >= 15 is 0 Å². The molecule has 0 aliphatic carbocycles. The van der Waals surface area contributed by atoms with Gasteiger partial charge in [-0.1, -0.05) is 13.0 Å². The van der Waals surface area contributed by atoms with Gasteiger partial charge in [-0.3, -0.25) is 14.9 Å². The first kappa shape index (κ1) is 16.1. The van der Waals surface area contributed by atoms with Crippen LogP contribution in [0, 0.1) is 5.92 Å². The highest BCUT2D eigenvalue weighted by atomic mass is 32.2. The number of imide groups is 1. The van der Waals surface area contributed by atoms with Crippen LogP contribution >= 0.6 is 11.8 Å². The Morgan fingerprint density at radius 1 is 1.24 bits per heavy atom. The lowest BCUT2D eigenvalue weighted by atomic mass is 9.99. The highest BCUT2D eigenvalue weighted by Crippen LogP contribution is 2.30. The molecule has 128 valence electrons. The lowest BCUT2D eigenvalue weighted by molar-refractivity contribution is -0.115. The fraction of sp³-hybridized carbons (Fsp3) is 0.333. The Hall–Kier alpha value is -2.41. The molecule has 0 unspecified atom stereocenters. The molecule has 2 saturated heterocycles. The third-order valence-electron chi connectivity index (χ3n) is 4.66. The number of hydrogen-bond acceptors (Lipinski definition) is 6. The Kier molecular flexibility index (Phi) is 4.17. The maximum atomic E-state index is 11.7. The topological polar surface area (TPSA) is 75.2 Å². The summed E-state index contributed by atoms with van der Waals surface area (Å²) in [5.41, 5.74) is 1.74. The molecule has 1 N–H and O–H groups in total. The van der Waals surface area contributed by atoms with Gasteiger partial charge in [0.05, 0.1) is 10.4 Å². The van der Waals surface area contributed by atoms with Crippen LogP contribution in [0.25, 0.3) is 17.0 Å². The molecule has 2 aliphatic heterocycles. The van der Waals surface area contributed by atoms with Crippen LogP contribution in [0.5, 0.6) is 0 Å². The number of thioether (sulfide) groups is 1. The van der Waals surface area contributed by atoms with E-state index in [9.17, 15) is 9.59 Å². The molecular formula is C18H18N4O2S. The van der Waals surface area contributed by atoms with Crippen molar-refractivity contribution in [1.82, 2.24) is 15.3 Å². The average Bonchev–Trinajstić information content (AvgIpc) is 2.92. The standard InChI is InChI=1S/C18H18N4O2S/c1-11-4-6-22(7-5-11)16-13-8-12(2-3-14(13)19-10-20-16)9-15-17(23)21-18(24)25-15/h2-3,8-11H,4-7H2,1H3,(H,21,23,24)/b15-9-. The predicted molar refractivity (Wildman–Crippen MR) is 99.3 cm³/mol. The number of anilines is 1. The summed E-state index contributed by atoms with van der Waals surface area (Å²) < 4.78 is 0. The van der Waals surface area contributed by atoms with E-state index in [1.807, 2.05) is 18.2 Å². The van der Waals surface area contributed by atoms with Crippen LogP contribution in [0.2, 0.25) is 0 Å². The number of nitrogens with one attached hydrogen (secondary N) is 1. The second-order valence-electron chi connectivity index (χ2n) is 6.50. The van der Waals surface area contributed by atoms with Gasteiger partial charge in [0.25, 0.3) is 11.1 Å². The zero-order chi connectivity index (χ0) is 17.4. The minimum atomic E-state index is -0.343. The van der Waals surface area contributed by atoms with Crippen molar-refractivity contribution >= 4 is 45.7 Å². The van der Waals surface area contributed by atoms with Crippen LogP contribution in [0.15, 0.2) is 29.4 Å². The summed E-state index contributed by atoms with van der Waals surface area (Å²) in [5, 5.41) is 2.92. The summed E-state index contributed by atoms with van der Waals surface area (Å²) in [4.78, 5) is 34.6. The second-order valence-corrected chi connectivity index (χ2v) is 7.51. The monoisotopic (exact) mass is 354 g/mol. The number of carbonyl (C=O) groups excluding carboxylic acids is 2. The normalized spacial score (nSPS) is 20.5. The largest absolute Gasteiger partial charge is 0.356 e. The lowest BCUT2D eigenvalue weighted by Crippen LogP contribution is -2.33. The molecule has 4 rings (SSSR count). The summed E-state index contributed by atoms with van der Waals surface area (Å²) in [6, 6.07) is 5.83. The fourth-order valence-corrected chi connectivity index (χ4v) is 3.88. The SMILES string of the molecule is CC1CCN(c2ncnc3ccc(/C=C4\SC(=O)NC4=O)cc23)CC1. The summed E-state index contributed by atoms with van der Waals surface area (Å²) in [6.45, 7) is 4.27. The zero-order valence-electron chi connectivity index (χ0n) is 13.9. The van der Waals surface area contributed by atoms with E-state index < -0.39 is 0 Å². The number of fused-ring (bicyclic) bond motifs is 1. The van der Waals surface area contributed by atoms with Crippen molar-refractivity contribution in [2.24, 2.45) is 5.92 Å². The predicted octanol–water partition coefficient (Wildman–Crippen LogP) is 3.19. The number of piperidine rings is 1. The van der Waals surface area contributed by atoms with Crippen molar-refractivity contribution in [1.29, 1.82) is 0 Å². The summed E-state index contributed by atoms with van der Waals surface area (Å²) in [7, 11) is 0. The molecule has 0 saturated carbocycles. The summed E-state index contributed by atoms with van der Waals surface area (Å²) in [5.74, 6) is 1.35. The van der Waals surface area contributed by atoms with Gasteiger partial charge in [-0.15, -0.1) is 0 Å². The second kappa shape index (κ2) is 6.48. The van der Waals surface area contributed by atoms with Gasteiger partial charge in [-0.25, -0.2) is 9.97 Å². The first-order chi connectivity index (χ1) is 12.1. The van der Waals surface area contributed by atoms with Crippen LogP contribution < -0.4 is 10.2 Å². The molecule has 1 aromatic carbocycles. The Morgan fingerprint density at radius 2 is 2.04 bits per heavy atom. The number of amides is 2. The van der Waals surface area contributed by atoms with E-state index in [0.29, 0.717) is 4.91 Å². The highest BCUT2D eigenvalue weighted by molar-refractivity contribution is 8.18. The van der Waals surface area contributed by atoms with Crippen LogP contribution in [-0.2, 0) is 4.79 Å². The van der Waals surface area contributed by atoms with E-state index in [1.165, 1.54) is 0 Å². The molecule has 1 aromatic heterocycles. The molecule has 0 radical (unpaired) electrons. The molecule has 7 heteroatoms. The van der Waals surface area contributed by atoms with Gasteiger partial charge in [-0.05, 0) is 54.3 Å². The van der Waals surface area contributed by atoms with E-state index in [-0.39, 0.29) is 11.1 Å². The molecule has 2 aromatic rings. The van der Waals surface area contributed by atoms with Crippen molar-refractivity contribution in [3.8, 4) is 0 Å². The van der Waals surface area contributed by atoms with Gasteiger partial charge >= 0.3 is 0 Å². The quantitative estimate of drug-likeness (QED) is 0.835. The summed E-state index contributed by atoms with van der Waals surface area (Å²) in [6.07, 6.45) is 5.66. The smallest absolute Gasteiger partial charge is 0.290 e. The third-order valence-corrected chi connectivity index (χ3v) is 5.47. The molecular weight excluding hydrogens is 336 g/mol. The van der Waals surface area contributed by atoms with Crippen LogP contribution in [-0.4, -0.2) is 34.2 Å². The number of rotatable bonds is 2. The van der Waals surface area contributed by atoms with E-state index in [0.717, 1.165) is 65.9 Å². The molecule has 6 nitrogen and oxygen atoms in total. The van der Waals surface area contributed by atoms with Gasteiger partial charge in [0.2, 0.25) is 0 Å². The zero-order valence-corrected chi connectivity index (χ0v) is 14.7. The van der Waals surface area contributed by atoms with Crippen molar-refractivity contribution in [3.05, 3.63) is 35.0 Å². The van der Waals surface area contributed by atoms with Crippen LogP contribution in [0.1, 0.15) is 25.3 Å². The number of benzene rings is 1. The van der Waals surface area contributed by atoms with Crippen LogP contribution in [0.3, 0.4) is 0 Å². The van der Waals surface area contributed by atoms with Gasteiger partial charge in [0, 0.05) is 18.5 Å². The number of nitrogens with zero attached hydrogens (tertiary/aromatic N) is 3.